The molecule has 0 bridgehead atoms. The first-order valence-electron chi connectivity index (χ1n) is 5.35. The van der Waals surface area contributed by atoms with Gasteiger partial charge in [-0.25, -0.2) is 18.4 Å². The first kappa shape index (κ1) is 15.2. The lowest BCUT2D eigenvalue weighted by Crippen LogP contribution is -2.15. The Morgan fingerprint density at radius 2 is 1.90 bits per heavy atom. The van der Waals surface area contributed by atoms with Gasteiger partial charge in [-0.1, -0.05) is 0 Å². The smallest absolute Gasteiger partial charge is 0.263 e. The Hall–Kier alpha value is -1.19. The second-order valence-electron chi connectivity index (χ2n) is 3.97. The molecule has 9 heteroatoms. The minimum absolute atomic E-state index is 0.0999. The zero-order valence-corrected chi connectivity index (χ0v) is 14.3. The molecule has 1 heterocycles. The van der Waals surface area contributed by atoms with Crippen molar-refractivity contribution in [3.63, 3.8) is 0 Å². The van der Waals surface area contributed by atoms with E-state index in [1.165, 1.54) is 18.5 Å². The Bertz CT molecular complexity index is 748. The number of halogens is 2. The van der Waals surface area contributed by atoms with Crippen molar-refractivity contribution in [3.8, 4) is 0 Å². The van der Waals surface area contributed by atoms with Gasteiger partial charge in [0.1, 0.15) is 4.60 Å². The number of sulfonamides is 1. The van der Waals surface area contributed by atoms with E-state index < -0.39 is 10.0 Å². The molecule has 2 aromatic rings. The van der Waals surface area contributed by atoms with E-state index in [1.807, 2.05) is 0 Å². The van der Waals surface area contributed by atoms with Gasteiger partial charge in [0, 0.05) is 10.2 Å². The maximum Gasteiger partial charge on any atom is 0.263 e. The monoisotopic (exact) mass is 420 g/mol. The number of hydrogen-bond donors (Lipinski definition) is 2. The van der Waals surface area contributed by atoms with Gasteiger partial charge < -0.3 is 5.73 Å². The molecule has 3 N–H and O–H groups in total. The number of rotatable bonds is 3. The Balaban J connectivity index is 2.40. The van der Waals surface area contributed by atoms with Crippen LogP contribution < -0.4 is 10.5 Å². The lowest BCUT2D eigenvalue weighted by atomic mass is 10.2. The predicted molar refractivity (Wildman–Crippen MR) is 83.8 cm³/mol. The van der Waals surface area contributed by atoms with E-state index in [2.05, 4.69) is 46.5 Å². The van der Waals surface area contributed by atoms with Gasteiger partial charge in [-0.3, -0.25) is 4.72 Å². The summed E-state index contributed by atoms with van der Waals surface area (Å²) >= 11 is 6.38. The van der Waals surface area contributed by atoms with E-state index in [4.69, 9.17) is 5.73 Å². The van der Waals surface area contributed by atoms with E-state index in [0.29, 0.717) is 20.3 Å². The molecule has 0 atom stereocenters. The van der Waals surface area contributed by atoms with Gasteiger partial charge in [-0.2, -0.15) is 0 Å². The summed E-state index contributed by atoms with van der Waals surface area (Å²) in [7, 11) is -3.76. The Morgan fingerprint density at radius 1 is 1.20 bits per heavy atom. The van der Waals surface area contributed by atoms with Gasteiger partial charge in [0.15, 0.2) is 5.82 Å². The van der Waals surface area contributed by atoms with E-state index in [9.17, 15) is 8.42 Å². The van der Waals surface area contributed by atoms with Crippen LogP contribution in [0.15, 0.2) is 38.5 Å². The SMILES string of the molecule is Cc1cc(Br)c(N)cc1S(=O)(=O)Nc1cnc(Br)cn1. The molecule has 0 aliphatic carbocycles. The third kappa shape index (κ3) is 3.28. The molecule has 0 fully saturated rings. The van der Waals surface area contributed by atoms with Gasteiger partial charge in [0.25, 0.3) is 10.0 Å². The molecule has 0 saturated carbocycles. The standard InChI is InChI=1S/C11H10Br2N4O2S/c1-6-2-7(12)8(14)3-9(6)20(18,19)17-11-5-15-10(13)4-16-11/h2-5H,14H2,1H3,(H,16,17). The van der Waals surface area contributed by atoms with E-state index in [0.717, 1.165) is 0 Å². The number of hydrogen-bond acceptors (Lipinski definition) is 5. The van der Waals surface area contributed by atoms with Crippen LogP contribution in [0.4, 0.5) is 11.5 Å². The van der Waals surface area contributed by atoms with Crippen LogP contribution in [-0.2, 0) is 10.0 Å². The fraction of sp³-hybridized carbons (Fsp3) is 0.0909. The molecule has 0 unspecified atom stereocenters. The number of anilines is 2. The number of aromatic nitrogens is 2. The molecular weight excluding hydrogens is 412 g/mol. The minimum Gasteiger partial charge on any atom is -0.398 e. The number of nitrogens with one attached hydrogen (secondary N) is 1. The fourth-order valence-electron chi connectivity index (χ4n) is 1.52. The highest BCUT2D eigenvalue weighted by atomic mass is 79.9. The maximum atomic E-state index is 12.3. The van der Waals surface area contributed by atoms with Crippen molar-refractivity contribution < 1.29 is 8.42 Å². The fourth-order valence-corrected chi connectivity index (χ4v) is 3.43. The number of aryl methyl sites for hydroxylation is 1. The van der Waals surface area contributed by atoms with Crippen LogP contribution in [0.1, 0.15) is 5.56 Å². The summed E-state index contributed by atoms with van der Waals surface area (Å²) in [6.07, 6.45) is 2.72. The van der Waals surface area contributed by atoms with E-state index in [-0.39, 0.29) is 10.7 Å². The molecule has 1 aromatic carbocycles. The first-order chi connectivity index (χ1) is 9.29. The highest BCUT2D eigenvalue weighted by molar-refractivity contribution is 9.10. The number of nitrogens with zero attached hydrogens (tertiary/aromatic N) is 2. The van der Waals surface area contributed by atoms with Crippen molar-refractivity contribution in [2.75, 3.05) is 10.5 Å². The molecule has 20 heavy (non-hydrogen) atoms. The Labute approximate surface area is 133 Å². The highest BCUT2D eigenvalue weighted by Gasteiger charge is 2.19. The summed E-state index contributed by atoms with van der Waals surface area (Å²) in [4.78, 5) is 7.92. The summed E-state index contributed by atoms with van der Waals surface area (Å²) in [6, 6.07) is 3.05. The molecular formula is C11H10Br2N4O2S. The molecule has 0 aliphatic heterocycles. The number of benzene rings is 1. The number of nitrogen functional groups attached to an aromatic ring is 1. The molecule has 0 amide bonds. The molecule has 106 valence electrons. The summed E-state index contributed by atoms with van der Waals surface area (Å²) < 4.78 is 28.1. The van der Waals surface area contributed by atoms with Crippen molar-refractivity contribution in [2.45, 2.75) is 11.8 Å². The van der Waals surface area contributed by atoms with Crippen LogP contribution in [0.5, 0.6) is 0 Å². The van der Waals surface area contributed by atoms with Crippen molar-refractivity contribution in [3.05, 3.63) is 39.2 Å². The van der Waals surface area contributed by atoms with Crippen LogP contribution in [-0.4, -0.2) is 18.4 Å². The third-order valence-corrected chi connectivity index (χ3v) is 5.04. The van der Waals surface area contributed by atoms with Crippen LogP contribution >= 0.6 is 31.9 Å². The molecule has 2 rings (SSSR count). The van der Waals surface area contributed by atoms with Crippen LogP contribution in [0.3, 0.4) is 0 Å². The second kappa shape index (κ2) is 5.66. The van der Waals surface area contributed by atoms with Crippen LogP contribution in [0, 0.1) is 6.92 Å². The van der Waals surface area contributed by atoms with Gasteiger partial charge in [0.2, 0.25) is 0 Å². The maximum absolute atomic E-state index is 12.3. The second-order valence-corrected chi connectivity index (χ2v) is 7.29. The Kier molecular flexibility index (Phi) is 4.31. The zero-order chi connectivity index (χ0) is 14.9. The number of nitrogens with two attached hydrogens (primary N) is 1. The largest absolute Gasteiger partial charge is 0.398 e. The molecule has 0 spiro atoms. The topological polar surface area (TPSA) is 98.0 Å². The zero-order valence-electron chi connectivity index (χ0n) is 10.3. The predicted octanol–water partition coefficient (Wildman–Crippen LogP) is 2.69. The molecule has 1 aromatic heterocycles. The molecule has 6 nitrogen and oxygen atoms in total. The summed E-state index contributed by atoms with van der Waals surface area (Å²) in [5, 5.41) is 0. The summed E-state index contributed by atoms with van der Waals surface area (Å²) in [5.41, 5.74) is 6.64. The highest BCUT2D eigenvalue weighted by Crippen LogP contribution is 2.27. The average Bonchev–Trinajstić information content (AvgIpc) is 2.36. The van der Waals surface area contributed by atoms with Crippen molar-refractivity contribution in [1.82, 2.24) is 9.97 Å². The van der Waals surface area contributed by atoms with Gasteiger partial charge >= 0.3 is 0 Å². The van der Waals surface area contributed by atoms with Crippen molar-refractivity contribution in [1.29, 1.82) is 0 Å². The average molecular weight is 422 g/mol. The molecule has 0 aliphatic rings. The van der Waals surface area contributed by atoms with Crippen molar-refractivity contribution in [2.24, 2.45) is 0 Å². The van der Waals surface area contributed by atoms with Gasteiger partial charge in [-0.05, 0) is 56.5 Å². The Morgan fingerprint density at radius 3 is 2.50 bits per heavy atom. The molecule has 0 saturated heterocycles. The van der Waals surface area contributed by atoms with E-state index in [1.54, 1.807) is 13.0 Å². The minimum atomic E-state index is -3.76. The summed E-state index contributed by atoms with van der Waals surface area (Å²) in [6.45, 7) is 1.69. The quantitative estimate of drug-likeness (QED) is 0.742. The van der Waals surface area contributed by atoms with Gasteiger partial charge in [0.05, 0.1) is 17.3 Å². The van der Waals surface area contributed by atoms with E-state index >= 15 is 0 Å². The van der Waals surface area contributed by atoms with Crippen LogP contribution in [0.2, 0.25) is 0 Å². The normalized spacial score (nSPS) is 11.3. The summed E-state index contributed by atoms with van der Waals surface area (Å²) in [5.74, 6) is 0.133. The first-order valence-corrected chi connectivity index (χ1v) is 8.42. The lowest BCUT2D eigenvalue weighted by Gasteiger charge is -2.11. The van der Waals surface area contributed by atoms with Gasteiger partial charge in [-0.15, -0.1) is 0 Å². The molecule has 0 radical (unpaired) electrons. The lowest BCUT2D eigenvalue weighted by molar-refractivity contribution is 0.600. The van der Waals surface area contributed by atoms with Crippen molar-refractivity contribution >= 4 is 53.4 Å². The third-order valence-electron chi connectivity index (χ3n) is 2.44. The van der Waals surface area contributed by atoms with Crippen LogP contribution in [0.25, 0.3) is 0 Å².